The third kappa shape index (κ3) is 3.65. The molecule has 0 aliphatic carbocycles. The number of halogens is 3. The number of hydrogen-bond acceptors (Lipinski definition) is 3. The lowest BCUT2D eigenvalue weighted by Gasteiger charge is -2.26. The number of primary amides is 1. The maximum atomic E-state index is 13.0. The van der Waals surface area contributed by atoms with Crippen molar-refractivity contribution in [3.05, 3.63) is 71.8 Å². The van der Waals surface area contributed by atoms with Crippen LogP contribution in [-0.4, -0.2) is 17.2 Å². The summed E-state index contributed by atoms with van der Waals surface area (Å²) >= 11 is 1.35. The van der Waals surface area contributed by atoms with Gasteiger partial charge in [-0.2, -0.15) is 13.2 Å². The van der Waals surface area contributed by atoms with Crippen molar-refractivity contribution in [1.82, 2.24) is 0 Å². The van der Waals surface area contributed by atoms with Gasteiger partial charge in [-0.15, -0.1) is 0 Å². The summed E-state index contributed by atoms with van der Waals surface area (Å²) in [5.74, 6) is -0.526. The number of carbonyl (C=O) groups excluding carboxylic acids is 1. The van der Waals surface area contributed by atoms with Crippen LogP contribution in [0, 0.1) is 0 Å². The number of alkyl halides is 3. The van der Waals surface area contributed by atoms with Gasteiger partial charge in [0.15, 0.2) is 5.60 Å². The minimum atomic E-state index is -4.76. The molecule has 3 N–H and O–H groups in total. The second kappa shape index (κ2) is 6.90. The van der Waals surface area contributed by atoms with E-state index in [1.165, 1.54) is 36.0 Å². The molecule has 3 aromatic rings. The lowest BCUT2D eigenvalue weighted by Crippen LogP contribution is -2.39. The molecule has 0 heterocycles. The van der Waals surface area contributed by atoms with Crippen molar-refractivity contribution in [2.24, 2.45) is 5.73 Å². The first kappa shape index (κ1) is 19.3. The van der Waals surface area contributed by atoms with Crippen LogP contribution in [0.15, 0.2) is 70.5 Å². The minimum absolute atomic E-state index is 0.228. The molecular weight excluding hydrogens is 375 g/mol. The molecule has 0 fully saturated rings. The van der Waals surface area contributed by atoms with Crippen molar-refractivity contribution in [3.8, 4) is 0 Å². The van der Waals surface area contributed by atoms with Crippen LogP contribution in [0.25, 0.3) is 10.8 Å². The number of amides is 1. The molecule has 0 saturated heterocycles. The van der Waals surface area contributed by atoms with Crippen molar-refractivity contribution in [3.63, 3.8) is 0 Å². The van der Waals surface area contributed by atoms with E-state index in [0.29, 0.717) is 15.8 Å². The molecule has 140 valence electrons. The molecule has 0 bridgehead atoms. The van der Waals surface area contributed by atoms with Crippen LogP contribution in [0.1, 0.15) is 22.8 Å². The Morgan fingerprint density at radius 1 is 0.963 bits per heavy atom. The molecule has 0 aliphatic heterocycles. The number of nitrogens with two attached hydrogens (primary N) is 1. The Kier molecular flexibility index (Phi) is 4.92. The predicted molar refractivity (Wildman–Crippen MR) is 98.7 cm³/mol. The van der Waals surface area contributed by atoms with Crippen LogP contribution < -0.4 is 5.73 Å². The van der Waals surface area contributed by atoms with E-state index < -0.39 is 17.7 Å². The van der Waals surface area contributed by atoms with Crippen molar-refractivity contribution in [2.45, 2.75) is 28.5 Å². The first-order valence-electron chi connectivity index (χ1n) is 8.00. The topological polar surface area (TPSA) is 63.3 Å². The second-order valence-corrected chi connectivity index (χ2v) is 7.33. The summed E-state index contributed by atoms with van der Waals surface area (Å²) < 4.78 is 38.9. The van der Waals surface area contributed by atoms with Gasteiger partial charge in [-0.1, -0.05) is 48.2 Å². The molecule has 0 aliphatic rings. The van der Waals surface area contributed by atoms with Crippen molar-refractivity contribution >= 4 is 28.4 Å². The molecule has 1 unspecified atom stereocenters. The molecule has 1 atom stereocenters. The third-order valence-corrected chi connectivity index (χ3v) is 5.43. The van der Waals surface area contributed by atoms with Crippen molar-refractivity contribution in [1.29, 1.82) is 0 Å². The van der Waals surface area contributed by atoms with Gasteiger partial charge in [-0.3, -0.25) is 4.79 Å². The predicted octanol–water partition coefficient (Wildman–Crippen LogP) is 4.86. The highest BCUT2D eigenvalue weighted by molar-refractivity contribution is 7.99. The SMILES string of the molecule is CC(O)(c1ccc(Sc2ccc(C(N)=O)c3ccccc23)cc1)C(F)(F)F. The van der Waals surface area contributed by atoms with Gasteiger partial charge in [0.05, 0.1) is 0 Å². The highest BCUT2D eigenvalue weighted by atomic mass is 32.2. The number of hydrogen-bond donors (Lipinski definition) is 2. The zero-order valence-corrected chi connectivity index (χ0v) is 15.1. The summed E-state index contributed by atoms with van der Waals surface area (Å²) in [5.41, 5.74) is 2.68. The van der Waals surface area contributed by atoms with Crippen LogP contribution in [0.4, 0.5) is 13.2 Å². The fourth-order valence-electron chi connectivity index (χ4n) is 2.71. The Bertz CT molecular complexity index is 998. The number of aliphatic hydroxyl groups is 1. The number of benzene rings is 3. The Labute approximate surface area is 158 Å². The molecule has 1 amide bonds. The van der Waals surface area contributed by atoms with E-state index in [-0.39, 0.29) is 5.56 Å². The maximum absolute atomic E-state index is 13.0. The lowest BCUT2D eigenvalue weighted by molar-refractivity contribution is -0.258. The largest absolute Gasteiger partial charge is 0.421 e. The summed E-state index contributed by atoms with van der Waals surface area (Å²) in [6.45, 7) is 0.727. The Hall–Kier alpha value is -2.51. The van der Waals surface area contributed by atoms with Gasteiger partial charge in [-0.25, -0.2) is 0 Å². The monoisotopic (exact) mass is 391 g/mol. The van der Waals surface area contributed by atoms with Gasteiger partial charge in [0, 0.05) is 15.4 Å². The van der Waals surface area contributed by atoms with E-state index in [1.54, 1.807) is 24.3 Å². The maximum Gasteiger partial charge on any atom is 0.421 e. The molecule has 3 rings (SSSR count). The summed E-state index contributed by atoms with van der Waals surface area (Å²) in [6, 6.07) is 16.2. The van der Waals surface area contributed by atoms with Gasteiger partial charge < -0.3 is 10.8 Å². The number of carbonyl (C=O) groups is 1. The Morgan fingerprint density at radius 2 is 1.56 bits per heavy atom. The molecule has 0 saturated carbocycles. The van der Waals surface area contributed by atoms with Crippen LogP contribution >= 0.6 is 11.8 Å². The number of fused-ring (bicyclic) bond motifs is 1. The summed E-state index contributed by atoms with van der Waals surface area (Å²) in [6.07, 6.45) is -4.76. The van der Waals surface area contributed by atoms with Crippen molar-refractivity contribution < 1.29 is 23.1 Å². The molecule has 3 aromatic carbocycles. The van der Waals surface area contributed by atoms with E-state index in [2.05, 4.69) is 0 Å². The van der Waals surface area contributed by atoms with Crippen molar-refractivity contribution in [2.75, 3.05) is 0 Å². The molecule has 0 radical (unpaired) electrons. The summed E-state index contributed by atoms with van der Waals surface area (Å²) in [5, 5.41) is 11.3. The lowest BCUT2D eigenvalue weighted by atomic mass is 9.96. The Balaban J connectivity index is 1.95. The molecule has 0 spiro atoms. The molecule has 3 nitrogen and oxygen atoms in total. The highest BCUT2D eigenvalue weighted by Gasteiger charge is 2.51. The normalized spacial score (nSPS) is 14.1. The molecule has 27 heavy (non-hydrogen) atoms. The zero-order chi connectivity index (χ0) is 19.8. The van der Waals surface area contributed by atoms with Gasteiger partial charge in [-0.05, 0) is 47.5 Å². The Morgan fingerprint density at radius 3 is 2.11 bits per heavy atom. The van der Waals surface area contributed by atoms with Crippen LogP contribution in [0.3, 0.4) is 0 Å². The quantitative estimate of drug-likeness (QED) is 0.668. The molecule has 7 heteroatoms. The molecule has 0 aromatic heterocycles. The van der Waals surface area contributed by atoms with E-state index in [4.69, 9.17) is 5.73 Å². The highest BCUT2D eigenvalue weighted by Crippen LogP contribution is 2.40. The fraction of sp³-hybridized carbons (Fsp3) is 0.150. The van der Waals surface area contributed by atoms with E-state index in [0.717, 1.165) is 17.2 Å². The zero-order valence-electron chi connectivity index (χ0n) is 14.2. The summed E-state index contributed by atoms with van der Waals surface area (Å²) in [4.78, 5) is 13.1. The first-order valence-corrected chi connectivity index (χ1v) is 8.82. The van der Waals surface area contributed by atoms with E-state index in [1.807, 2.05) is 12.1 Å². The standard InChI is InChI=1S/C20H16F3NO2S/c1-19(26,20(21,22)23)12-6-8-13(9-7-12)27-17-11-10-16(18(24)25)14-4-2-3-5-15(14)17/h2-11,26H,1H3,(H2,24,25). The van der Waals surface area contributed by atoms with Gasteiger partial charge in [0.1, 0.15) is 0 Å². The minimum Gasteiger partial charge on any atom is -0.376 e. The average molecular weight is 391 g/mol. The first-order chi connectivity index (χ1) is 12.6. The van der Waals surface area contributed by atoms with Crippen LogP contribution in [0.2, 0.25) is 0 Å². The van der Waals surface area contributed by atoms with Gasteiger partial charge in [0.25, 0.3) is 0 Å². The fourth-order valence-corrected chi connectivity index (χ4v) is 3.66. The second-order valence-electron chi connectivity index (χ2n) is 6.22. The van der Waals surface area contributed by atoms with E-state index in [9.17, 15) is 23.1 Å². The number of rotatable bonds is 4. The average Bonchev–Trinajstić information content (AvgIpc) is 2.61. The van der Waals surface area contributed by atoms with Gasteiger partial charge >= 0.3 is 6.18 Å². The van der Waals surface area contributed by atoms with E-state index >= 15 is 0 Å². The smallest absolute Gasteiger partial charge is 0.376 e. The van der Waals surface area contributed by atoms with Gasteiger partial charge in [0.2, 0.25) is 5.91 Å². The summed E-state index contributed by atoms with van der Waals surface area (Å²) in [7, 11) is 0. The third-order valence-electron chi connectivity index (χ3n) is 4.35. The molecular formula is C20H16F3NO2S. The van der Waals surface area contributed by atoms with Crippen LogP contribution in [0.5, 0.6) is 0 Å². The van der Waals surface area contributed by atoms with Crippen LogP contribution in [-0.2, 0) is 5.60 Å².